The molecule has 0 bridgehead atoms. The van der Waals surface area contributed by atoms with Gasteiger partial charge in [0.1, 0.15) is 0 Å². The first-order valence-electron chi connectivity index (χ1n) is 1.99. The Kier molecular flexibility index (Phi) is 15.6. The van der Waals surface area contributed by atoms with Gasteiger partial charge in [-0.05, 0) is 6.92 Å². The maximum Gasteiger partial charge on any atom is 1.00 e. The van der Waals surface area contributed by atoms with Crippen molar-refractivity contribution in [3.8, 4) is 6.07 Å². The van der Waals surface area contributed by atoms with Crippen LogP contribution in [-0.2, 0) is 4.74 Å². The second-order valence-corrected chi connectivity index (χ2v) is 0.829. The third kappa shape index (κ3) is 9.95. The Bertz CT molecular complexity index is 95.1. The molecule has 38 valence electrons. The third-order valence-electron chi connectivity index (χ3n) is 0.373. The SMILES string of the molecule is CCOC=[C-]C#N.[Rb+]. The molecule has 3 heteroatoms. The molecule has 0 aromatic rings. The van der Waals surface area contributed by atoms with Gasteiger partial charge in [0.05, 0.1) is 6.61 Å². The van der Waals surface area contributed by atoms with E-state index < -0.39 is 0 Å². The van der Waals surface area contributed by atoms with Gasteiger partial charge in [-0.2, -0.15) is 0 Å². The van der Waals surface area contributed by atoms with Gasteiger partial charge in [-0.25, -0.2) is 5.26 Å². The van der Waals surface area contributed by atoms with Gasteiger partial charge in [0.25, 0.3) is 0 Å². The minimum absolute atomic E-state index is 0. The van der Waals surface area contributed by atoms with E-state index in [4.69, 9.17) is 5.26 Å². The average molecular weight is 182 g/mol. The number of hydrogen-bond acceptors (Lipinski definition) is 2. The van der Waals surface area contributed by atoms with Crippen molar-refractivity contribution in [1.29, 1.82) is 5.26 Å². The van der Waals surface area contributed by atoms with Crippen LogP contribution in [0.15, 0.2) is 6.26 Å². The van der Waals surface area contributed by atoms with Crippen molar-refractivity contribution >= 4 is 0 Å². The zero-order chi connectivity index (χ0) is 5.54. The number of nitriles is 1. The molecule has 0 aromatic carbocycles. The molecule has 0 saturated heterocycles. The van der Waals surface area contributed by atoms with Crippen LogP contribution in [0.5, 0.6) is 0 Å². The first-order chi connectivity index (χ1) is 3.41. The van der Waals surface area contributed by atoms with Gasteiger partial charge in [-0.1, -0.05) is 6.26 Å². The van der Waals surface area contributed by atoms with Crippen molar-refractivity contribution in [3.05, 3.63) is 12.3 Å². The number of allylic oxidation sites excluding steroid dienone is 1. The smallest absolute Gasteiger partial charge is 0.537 e. The molecule has 8 heavy (non-hydrogen) atoms. The molecule has 0 aliphatic rings. The Morgan fingerprint density at radius 2 is 2.50 bits per heavy atom. The number of ether oxygens (including phenoxy) is 1. The molecular formula is C5H6NORb. The molecule has 0 radical (unpaired) electrons. The number of hydrogen-bond donors (Lipinski definition) is 0. The topological polar surface area (TPSA) is 33.0 Å². The van der Waals surface area contributed by atoms with Gasteiger partial charge in [-0.15, -0.1) is 6.07 Å². The van der Waals surface area contributed by atoms with Crippen LogP contribution in [0.4, 0.5) is 0 Å². The second-order valence-electron chi connectivity index (χ2n) is 0.829. The summed E-state index contributed by atoms with van der Waals surface area (Å²) >= 11 is 0. The van der Waals surface area contributed by atoms with Crippen molar-refractivity contribution in [2.75, 3.05) is 6.61 Å². The largest absolute Gasteiger partial charge is 1.00 e. The first-order valence-corrected chi connectivity index (χ1v) is 1.99. The van der Waals surface area contributed by atoms with Crippen LogP contribution in [0.2, 0.25) is 0 Å². The third-order valence-corrected chi connectivity index (χ3v) is 0.373. The van der Waals surface area contributed by atoms with Crippen LogP contribution in [0.25, 0.3) is 0 Å². The van der Waals surface area contributed by atoms with E-state index in [0.717, 1.165) is 0 Å². The fourth-order valence-electron chi connectivity index (χ4n) is 0.151. The minimum Gasteiger partial charge on any atom is -0.537 e. The van der Waals surface area contributed by atoms with Crippen LogP contribution in [-0.4, -0.2) is 6.61 Å². The summed E-state index contributed by atoms with van der Waals surface area (Å²) in [6.45, 7) is 2.43. The molecule has 0 amide bonds. The molecule has 0 heterocycles. The van der Waals surface area contributed by atoms with Crippen molar-refractivity contribution in [2.45, 2.75) is 6.92 Å². The summed E-state index contributed by atoms with van der Waals surface area (Å²) in [5, 5.41) is 7.82. The second kappa shape index (κ2) is 10.8. The van der Waals surface area contributed by atoms with Crippen LogP contribution in [0, 0.1) is 17.4 Å². The van der Waals surface area contributed by atoms with Crippen molar-refractivity contribution in [1.82, 2.24) is 0 Å². The maximum absolute atomic E-state index is 7.82. The van der Waals surface area contributed by atoms with E-state index in [2.05, 4.69) is 10.8 Å². The van der Waals surface area contributed by atoms with Crippen LogP contribution < -0.4 is 58.2 Å². The summed E-state index contributed by atoms with van der Waals surface area (Å²) < 4.78 is 4.62. The normalized spacial score (nSPS) is 7.50. The van der Waals surface area contributed by atoms with Gasteiger partial charge in [0.2, 0.25) is 0 Å². The predicted octanol–water partition coefficient (Wildman–Crippen LogP) is -2.13. The van der Waals surface area contributed by atoms with Crippen LogP contribution >= 0.6 is 0 Å². The molecule has 0 aliphatic heterocycles. The summed E-state index contributed by atoms with van der Waals surface area (Å²) in [6.07, 6.45) is 3.46. The van der Waals surface area contributed by atoms with Gasteiger partial charge >= 0.3 is 58.2 Å². The van der Waals surface area contributed by atoms with Gasteiger partial charge in [-0.3, -0.25) is 0 Å². The molecule has 0 unspecified atom stereocenters. The Labute approximate surface area is 98.3 Å². The van der Waals surface area contributed by atoms with Crippen molar-refractivity contribution in [3.63, 3.8) is 0 Å². The van der Waals surface area contributed by atoms with Gasteiger partial charge in [0.15, 0.2) is 0 Å². The Morgan fingerprint density at radius 1 is 1.88 bits per heavy atom. The molecule has 0 aromatic heterocycles. The monoisotopic (exact) mass is 181 g/mol. The standard InChI is InChI=1S/C5H6NO.Rb/c1-2-7-5-3-4-6;/h5H,2H2,1H3;/q-1;+1. The average Bonchev–Trinajstić information content (AvgIpc) is 1.69. The van der Waals surface area contributed by atoms with E-state index in [1.54, 1.807) is 6.07 Å². The van der Waals surface area contributed by atoms with E-state index in [1.165, 1.54) is 6.26 Å². The zero-order valence-corrected chi connectivity index (χ0v) is 10.1. The van der Waals surface area contributed by atoms with Crippen molar-refractivity contribution in [2.24, 2.45) is 0 Å². The van der Waals surface area contributed by atoms with E-state index >= 15 is 0 Å². The zero-order valence-electron chi connectivity index (χ0n) is 5.14. The Morgan fingerprint density at radius 3 is 2.88 bits per heavy atom. The van der Waals surface area contributed by atoms with Crippen LogP contribution in [0.1, 0.15) is 6.92 Å². The molecule has 0 rings (SSSR count). The summed E-state index contributed by atoms with van der Waals surface area (Å²) in [7, 11) is 0. The molecular weight excluding hydrogens is 176 g/mol. The quantitative estimate of drug-likeness (QED) is 0.277. The Hall–Kier alpha value is 0.835. The van der Waals surface area contributed by atoms with E-state index in [1.807, 2.05) is 6.92 Å². The first kappa shape index (κ1) is 11.6. The molecule has 0 saturated carbocycles. The molecule has 0 fully saturated rings. The summed E-state index contributed by atoms with van der Waals surface area (Å²) in [4.78, 5) is 0. The minimum atomic E-state index is 0. The van der Waals surface area contributed by atoms with Crippen molar-refractivity contribution < 1.29 is 62.9 Å². The van der Waals surface area contributed by atoms with E-state index in [9.17, 15) is 0 Å². The molecule has 0 aliphatic carbocycles. The predicted molar refractivity (Wildman–Crippen MR) is 25.1 cm³/mol. The van der Waals surface area contributed by atoms with Crippen LogP contribution in [0.3, 0.4) is 0 Å². The fraction of sp³-hybridized carbons (Fsp3) is 0.400. The Balaban J connectivity index is 0. The summed E-state index contributed by atoms with van der Waals surface area (Å²) in [6, 6.07) is 1.67. The molecule has 2 nitrogen and oxygen atoms in total. The number of nitrogens with zero attached hydrogens (tertiary/aromatic N) is 1. The van der Waals surface area contributed by atoms with Gasteiger partial charge in [0, 0.05) is 0 Å². The molecule has 0 spiro atoms. The summed E-state index contributed by atoms with van der Waals surface area (Å²) in [5.74, 6) is 0. The number of rotatable bonds is 2. The molecule has 0 N–H and O–H groups in total. The summed E-state index contributed by atoms with van der Waals surface area (Å²) in [5.41, 5.74) is 0. The maximum atomic E-state index is 7.82. The van der Waals surface area contributed by atoms with E-state index in [0.29, 0.717) is 6.61 Å². The fourth-order valence-corrected chi connectivity index (χ4v) is 0.151. The molecule has 0 atom stereocenters. The van der Waals surface area contributed by atoms with E-state index in [-0.39, 0.29) is 58.2 Å². The van der Waals surface area contributed by atoms with Gasteiger partial charge < -0.3 is 10.8 Å².